The molecule has 4 heterocycles. The highest BCUT2D eigenvalue weighted by atomic mass is 16.7. The van der Waals surface area contributed by atoms with Crippen LogP contribution in [0.15, 0.2) is 54.6 Å². The summed E-state index contributed by atoms with van der Waals surface area (Å²) in [5.41, 5.74) is 3.97. The molecule has 0 spiro atoms. The van der Waals surface area contributed by atoms with Crippen molar-refractivity contribution in [3.63, 3.8) is 0 Å². The third kappa shape index (κ3) is 4.35. The van der Waals surface area contributed by atoms with Crippen LogP contribution in [0.4, 0.5) is 0 Å². The molecule has 2 amide bonds. The number of aromatic nitrogens is 1. The summed E-state index contributed by atoms with van der Waals surface area (Å²) in [6.45, 7) is 0.279. The minimum Gasteiger partial charge on any atom is -0.478 e. The van der Waals surface area contributed by atoms with Crippen molar-refractivity contribution >= 4 is 34.7 Å². The number of fused-ring (bicyclic) bond motifs is 5. The predicted octanol–water partition coefficient (Wildman–Crippen LogP) is 1.92. The van der Waals surface area contributed by atoms with Gasteiger partial charge in [-0.3, -0.25) is 9.59 Å². The maximum Gasteiger partial charge on any atom is 0.328 e. The first-order valence-corrected chi connectivity index (χ1v) is 11.4. The SMILES string of the molecule is CN1CC(=O)N2[C@H](c3ccc4c(c3)OCO4)c3[nH]c4ccccc4c3C[C@@H]2C1=O.O=C(O)/C=C\C(=O)O. The first-order valence-electron chi connectivity index (χ1n) is 11.4. The molecule has 3 aliphatic rings. The van der Waals surface area contributed by atoms with Gasteiger partial charge in [-0.2, -0.15) is 0 Å². The number of benzene rings is 2. The lowest BCUT2D eigenvalue weighted by molar-refractivity contribution is -0.157. The highest BCUT2D eigenvalue weighted by Crippen LogP contribution is 2.44. The average molecular weight is 505 g/mol. The number of ether oxygens (including phenoxy) is 2. The van der Waals surface area contributed by atoms with Gasteiger partial charge in [-0.25, -0.2) is 9.59 Å². The van der Waals surface area contributed by atoms with Crippen LogP contribution in [0.2, 0.25) is 0 Å². The minimum absolute atomic E-state index is 0.0220. The fourth-order valence-corrected chi connectivity index (χ4v) is 4.98. The number of hydrogen-bond donors (Lipinski definition) is 3. The summed E-state index contributed by atoms with van der Waals surface area (Å²) in [7, 11) is 1.69. The number of H-pyrrole nitrogens is 1. The topological polar surface area (TPSA) is 149 Å². The fourth-order valence-electron chi connectivity index (χ4n) is 4.98. The molecule has 2 aromatic carbocycles. The number of aliphatic carboxylic acids is 2. The zero-order valence-electron chi connectivity index (χ0n) is 19.7. The van der Waals surface area contributed by atoms with Crippen LogP contribution >= 0.6 is 0 Å². The summed E-state index contributed by atoms with van der Waals surface area (Å²) in [5.74, 6) is -1.23. The molecule has 11 heteroatoms. The number of carbonyl (C=O) groups is 4. The van der Waals surface area contributed by atoms with E-state index in [1.54, 1.807) is 11.9 Å². The summed E-state index contributed by atoms with van der Waals surface area (Å²) >= 11 is 0. The number of para-hydroxylation sites is 1. The Morgan fingerprint density at radius 1 is 1.03 bits per heavy atom. The monoisotopic (exact) mass is 505 g/mol. The molecule has 1 fully saturated rings. The van der Waals surface area contributed by atoms with Gasteiger partial charge < -0.3 is 34.5 Å². The smallest absolute Gasteiger partial charge is 0.328 e. The molecule has 0 bridgehead atoms. The van der Waals surface area contributed by atoms with Crippen molar-refractivity contribution < 1.29 is 38.9 Å². The van der Waals surface area contributed by atoms with Crippen molar-refractivity contribution in [2.24, 2.45) is 0 Å². The molecule has 0 aliphatic carbocycles. The molecule has 0 unspecified atom stereocenters. The van der Waals surface area contributed by atoms with E-state index in [1.165, 1.54) is 4.90 Å². The Labute approximate surface area is 210 Å². The van der Waals surface area contributed by atoms with Gasteiger partial charge in [0.05, 0.1) is 12.6 Å². The van der Waals surface area contributed by atoms with E-state index in [4.69, 9.17) is 19.7 Å². The van der Waals surface area contributed by atoms with E-state index in [0.717, 1.165) is 27.7 Å². The van der Waals surface area contributed by atoms with E-state index in [9.17, 15) is 19.2 Å². The van der Waals surface area contributed by atoms with Crippen molar-refractivity contribution in [2.45, 2.75) is 18.5 Å². The second-order valence-electron chi connectivity index (χ2n) is 8.80. The standard InChI is InChI=1S/C22H19N3O4.C4H4O4/c1-24-10-19(26)25-16(22(24)27)9-14-13-4-2-3-5-15(13)23-20(14)21(25)12-6-7-17-18(8-12)29-11-28-17;5-3(6)1-2-4(7)8/h2-8,16,21,23H,9-11H2,1H3;1-2H,(H,5,6)(H,7,8)/b;2-1-/t16-,21-;/m1./s1. The highest BCUT2D eigenvalue weighted by Gasteiger charge is 2.47. The molecule has 3 aromatic rings. The van der Waals surface area contributed by atoms with Gasteiger partial charge in [0.2, 0.25) is 18.6 Å². The van der Waals surface area contributed by atoms with Gasteiger partial charge in [0.15, 0.2) is 11.5 Å². The van der Waals surface area contributed by atoms with E-state index in [-0.39, 0.29) is 31.2 Å². The minimum atomic E-state index is -1.26. The zero-order chi connectivity index (χ0) is 26.3. The quantitative estimate of drug-likeness (QED) is 0.457. The predicted molar refractivity (Wildman–Crippen MR) is 129 cm³/mol. The highest BCUT2D eigenvalue weighted by molar-refractivity contribution is 5.97. The molecule has 6 rings (SSSR count). The van der Waals surface area contributed by atoms with Crippen LogP contribution in [0, 0.1) is 0 Å². The molecule has 11 nitrogen and oxygen atoms in total. The maximum absolute atomic E-state index is 13.1. The van der Waals surface area contributed by atoms with Crippen LogP contribution in [0.25, 0.3) is 10.9 Å². The first kappa shape index (κ1) is 23.9. The Morgan fingerprint density at radius 3 is 2.46 bits per heavy atom. The molecular weight excluding hydrogens is 482 g/mol. The second-order valence-corrected chi connectivity index (χ2v) is 8.80. The van der Waals surface area contributed by atoms with Crippen molar-refractivity contribution in [1.29, 1.82) is 0 Å². The first-order chi connectivity index (χ1) is 17.7. The number of carbonyl (C=O) groups excluding carboxylic acids is 2. The van der Waals surface area contributed by atoms with E-state index >= 15 is 0 Å². The van der Waals surface area contributed by atoms with Crippen LogP contribution in [0.1, 0.15) is 22.9 Å². The van der Waals surface area contributed by atoms with Crippen LogP contribution in [0.5, 0.6) is 11.5 Å². The van der Waals surface area contributed by atoms with Gasteiger partial charge in [-0.1, -0.05) is 24.3 Å². The third-order valence-corrected chi connectivity index (χ3v) is 6.53. The van der Waals surface area contributed by atoms with Crippen molar-refractivity contribution in [3.05, 3.63) is 71.4 Å². The molecule has 3 N–H and O–H groups in total. The molecule has 37 heavy (non-hydrogen) atoms. The molecular formula is C26H23N3O8. The van der Waals surface area contributed by atoms with Gasteiger partial charge in [0.25, 0.3) is 0 Å². The average Bonchev–Trinajstić information content (AvgIpc) is 3.49. The van der Waals surface area contributed by atoms with Crippen molar-refractivity contribution in [3.8, 4) is 11.5 Å². The van der Waals surface area contributed by atoms with Crippen molar-refractivity contribution in [1.82, 2.24) is 14.8 Å². The van der Waals surface area contributed by atoms with Gasteiger partial charge in [-0.05, 0) is 29.3 Å². The Hall–Kier alpha value is -4.80. The number of carboxylic acids is 2. The largest absolute Gasteiger partial charge is 0.478 e. The van der Waals surface area contributed by atoms with Gasteiger partial charge in [0.1, 0.15) is 6.04 Å². The molecule has 190 valence electrons. The zero-order valence-corrected chi connectivity index (χ0v) is 19.7. The van der Waals surface area contributed by atoms with Crippen LogP contribution in [-0.4, -0.2) is 75.2 Å². The van der Waals surface area contributed by atoms with Gasteiger partial charge in [-0.15, -0.1) is 0 Å². The summed E-state index contributed by atoms with van der Waals surface area (Å²) in [5, 5.41) is 16.7. The Balaban J connectivity index is 0.000000307. The van der Waals surface area contributed by atoms with E-state index in [2.05, 4.69) is 11.1 Å². The summed E-state index contributed by atoms with van der Waals surface area (Å²) in [6.07, 6.45) is 1.62. The summed E-state index contributed by atoms with van der Waals surface area (Å²) in [6, 6.07) is 12.9. The Morgan fingerprint density at radius 2 is 1.73 bits per heavy atom. The number of aromatic amines is 1. The van der Waals surface area contributed by atoms with Gasteiger partial charge >= 0.3 is 11.9 Å². The molecule has 1 saturated heterocycles. The third-order valence-electron chi connectivity index (χ3n) is 6.53. The molecule has 3 aliphatic heterocycles. The lowest BCUT2D eigenvalue weighted by Crippen LogP contribution is -2.62. The molecule has 0 saturated carbocycles. The number of likely N-dealkylation sites (N-methyl/N-ethyl adjacent to an activating group) is 1. The number of hydrogen-bond acceptors (Lipinski definition) is 6. The molecule has 1 aromatic heterocycles. The van der Waals surface area contributed by atoms with Gasteiger partial charge in [0, 0.05) is 42.2 Å². The Bertz CT molecular complexity index is 1440. The number of nitrogens with zero attached hydrogens (tertiary/aromatic N) is 2. The number of nitrogens with one attached hydrogen (secondary N) is 1. The molecule has 2 atom stereocenters. The number of carboxylic acid groups (broad SMARTS) is 2. The molecule has 0 radical (unpaired) electrons. The lowest BCUT2D eigenvalue weighted by Gasteiger charge is -2.46. The number of rotatable bonds is 3. The van der Waals surface area contributed by atoms with Crippen LogP contribution in [-0.2, 0) is 25.6 Å². The second kappa shape index (κ2) is 9.34. The lowest BCUT2D eigenvalue weighted by atomic mass is 9.86. The Kier molecular flexibility index (Phi) is 6.04. The summed E-state index contributed by atoms with van der Waals surface area (Å²) in [4.78, 5) is 52.0. The summed E-state index contributed by atoms with van der Waals surface area (Å²) < 4.78 is 11.0. The van der Waals surface area contributed by atoms with E-state index in [0.29, 0.717) is 30.1 Å². The number of amides is 2. The fraction of sp³-hybridized carbons (Fsp3) is 0.231. The number of piperazine rings is 1. The maximum atomic E-state index is 13.1. The van der Waals surface area contributed by atoms with E-state index in [1.807, 2.05) is 36.4 Å². The van der Waals surface area contributed by atoms with Crippen LogP contribution < -0.4 is 9.47 Å². The normalized spacial score (nSPS) is 19.9. The van der Waals surface area contributed by atoms with Crippen molar-refractivity contribution in [2.75, 3.05) is 20.4 Å². The van der Waals surface area contributed by atoms with E-state index < -0.39 is 18.0 Å². The van der Waals surface area contributed by atoms with Crippen LogP contribution in [0.3, 0.4) is 0 Å².